The predicted molar refractivity (Wildman–Crippen MR) is 80.2 cm³/mol. The van der Waals surface area contributed by atoms with E-state index in [1.807, 2.05) is 36.4 Å². The van der Waals surface area contributed by atoms with E-state index < -0.39 is 0 Å². The first-order valence-electron chi connectivity index (χ1n) is 6.14. The molecule has 0 bridgehead atoms. The Labute approximate surface area is 124 Å². The van der Waals surface area contributed by atoms with Crippen LogP contribution in [0.4, 0.5) is 4.39 Å². The number of hydrogen-bond donors (Lipinski definition) is 0. The number of para-hydroxylation sites is 1. The molecule has 1 heterocycles. The van der Waals surface area contributed by atoms with E-state index in [0.29, 0.717) is 16.8 Å². The average molecular weight is 332 g/mol. The highest BCUT2D eigenvalue weighted by molar-refractivity contribution is 9.10. The maximum absolute atomic E-state index is 13.4. The van der Waals surface area contributed by atoms with Gasteiger partial charge in [0.1, 0.15) is 18.2 Å². The van der Waals surface area contributed by atoms with Crippen LogP contribution in [0.25, 0.3) is 10.9 Å². The van der Waals surface area contributed by atoms with Gasteiger partial charge in [-0.3, -0.25) is 4.98 Å². The van der Waals surface area contributed by atoms with Crippen molar-refractivity contribution in [2.75, 3.05) is 0 Å². The second-order valence-electron chi connectivity index (χ2n) is 4.37. The molecule has 0 saturated carbocycles. The van der Waals surface area contributed by atoms with E-state index in [1.54, 1.807) is 12.3 Å². The minimum absolute atomic E-state index is 0.289. The van der Waals surface area contributed by atoms with Crippen molar-refractivity contribution in [1.82, 2.24) is 4.98 Å². The van der Waals surface area contributed by atoms with Crippen LogP contribution in [0, 0.1) is 5.82 Å². The summed E-state index contributed by atoms with van der Waals surface area (Å²) in [5.41, 5.74) is 1.69. The second kappa shape index (κ2) is 5.59. The zero-order valence-electron chi connectivity index (χ0n) is 10.5. The van der Waals surface area contributed by atoms with Crippen LogP contribution < -0.4 is 4.74 Å². The summed E-state index contributed by atoms with van der Waals surface area (Å²) in [5, 5.41) is 1.02. The molecular weight excluding hydrogens is 321 g/mol. The molecular formula is C16H11BrFNO. The Balaban J connectivity index is 1.81. The molecule has 3 rings (SSSR count). The molecule has 4 heteroatoms. The van der Waals surface area contributed by atoms with Gasteiger partial charge in [0.15, 0.2) is 0 Å². The highest BCUT2D eigenvalue weighted by Gasteiger charge is 2.06. The number of pyridine rings is 1. The van der Waals surface area contributed by atoms with Crippen LogP contribution in [0.3, 0.4) is 0 Å². The molecule has 0 N–H and O–H groups in total. The lowest BCUT2D eigenvalue weighted by molar-refractivity contribution is 0.304. The molecule has 1 aromatic heterocycles. The Morgan fingerprint density at radius 1 is 1.10 bits per heavy atom. The summed E-state index contributed by atoms with van der Waals surface area (Å²) in [5.74, 6) is 0.377. The Morgan fingerprint density at radius 2 is 1.95 bits per heavy atom. The number of nitrogens with zero attached hydrogens (tertiary/aromatic N) is 1. The monoisotopic (exact) mass is 331 g/mol. The highest BCUT2D eigenvalue weighted by Crippen LogP contribution is 2.23. The fourth-order valence-corrected chi connectivity index (χ4v) is 2.33. The third kappa shape index (κ3) is 2.65. The Hall–Kier alpha value is -1.94. The number of ether oxygens (including phenoxy) is 1. The van der Waals surface area contributed by atoms with Crippen molar-refractivity contribution in [1.29, 1.82) is 0 Å². The molecule has 0 saturated heterocycles. The summed E-state index contributed by atoms with van der Waals surface area (Å²) in [6, 6.07) is 14.6. The van der Waals surface area contributed by atoms with Gasteiger partial charge in [-0.2, -0.15) is 0 Å². The van der Waals surface area contributed by atoms with Gasteiger partial charge in [-0.25, -0.2) is 4.39 Å². The van der Waals surface area contributed by atoms with E-state index in [-0.39, 0.29) is 5.82 Å². The summed E-state index contributed by atoms with van der Waals surface area (Å²) in [7, 11) is 0. The van der Waals surface area contributed by atoms with E-state index in [9.17, 15) is 4.39 Å². The zero-order valence-corrected chi connectivity index (χ0v) is 12.1. The number of benzene rings is 2. The van der Waals surface area contributed by atoms with Gasteiger partial charge in [0.25, 0.3) is 0 Å². The minimum Gasteiger partial charge on any atom is -0.487 e. The molecule has 0 fully saturated rings. The maximum Gasteiger partial charge on any atom is 0.138 e. The van der Waals surface area contributed by atoms with Crippen LogP contribution in [0.1, 0.15) is 5.56 Å². The SMILES string of the molecule is Fc1cccc(COc2cnc3ccccc3c2)c1Br. The van der Waals surface area contributed by atoms with Crippen LogP contribution in [0.15, 0.2) is 59.2 Å². The fourth-order valence-electron chi connectivity index (χ4n) is 1.95. The van der Waals surface area contributed by atoms with Crippen molar-refractivity contribution in [2.24, 2.45) is 0 Å². The Bertz CT molecular complexity index is 760. The molecule has 20 heavy (non-hydrogen) atoms. The summed E-state index contributed by atoms with van der Waals surface area (Å²) >= 11 is 3.22. The number of aromatic nitrogens is 1. The second-order valence-corrected chi connectivity index (χ2v) is 5.16. The van der Waals surface area contributed by atoms with E-state index in [0.717, 1.165) is 16.5 Å². The molecule has 3 aromatic rings. The molecule has 100 valence electrons. The largest absolute Gasteiger partial charge is 0.487 e. The van der Waals surface area contributed by atoms with Crippen molar-refractivity contribution in [2.45, 2.75) is 6.61 Å². The topological polar surface area (TPSA) is 22.1 Å². The standard InChI is InChI=1S/C16H11BrFNO/c17-16-12(5-3-6-14(16)18)10-20-13-8-11-4-1-2-7-15(11)19-9-13/h1-9H,10H2. The molecule has 0 aliphatic carbocycles. The number of halogens is 2. The highest BCUT2D eigenvalue weighted by atomic mass is 79.9. The van der Waals surface area contributed by atoms with Crippen molar-refractivity contribution < 1.29 is 9.13 Å². The smallest absolute Gasteiger partial charge is 0.138 e. The maximum atomic E-state index is 13.4. The lowest BCUT2D eigenvalue weighted by atomic mass is 10.2. The molecule has 0 spiro atoms. The van der Waals surface area contributed by atoms with Crippen LogP contribution in [0.2, 0.25) is 0 Å². The molecule has 0 radical (unpaired) electrons. The van der Waals surface area contributed by atoms with Crippen molar-refractivity contribution >= 4 is 26.8 Å². The number of fused-ring (bicyclic) bond motifs is 1. The lowest BCUT2D eigenvalue weighted by Crippen LogP contribution is -1.98. The van der Waals surface area contributed by atoms with Gasteiger partial charge in [-0.1, -0.05) is 30.3 Å². The number of rotatable bonds is 3. The van der Waals surface area contributed by atoms with Crippen molar-refractivity contribution in [3.05, 3.63) is 70.6 Å². The summed E-state index contributed by atoms with van der Waals surface area (Å²) in [4.78, 5) is 4.32. The summed E-state index contributed by atoms with van der Waals surface area (Å²) in [6.07, 6.45) is 1.68. The van der Waals surface area contributed by atoms with Gasteiger partial charge in [0, 0.05) is 10.9 Å². The van der Waals surface area contributed by atoms with Gasteiger partial charge in [0.2, 0.25) is 0 Å². The molecule has 2 nitrogen and oxygen atoms in total. The zero-order chi connectivity index (χ0) is 13.9. The van der Waals surface area contributed by atoms with Gasteiger partial charge >= 0.3 is 0 Å². The summed E-state index contributed by atoms with van der Waals surface area (Å²) < 4.78 is 19.5. The first kappa shape index (κ1) is 13.1. The van der Waals surface area contributed by atoms with Crippen molar-refractivity contribution in [3.8, 4) is 5.75 Å². The first-order valence-corrected chi connectivity index (χ1v) is 6.94. The van der Waals surface area contributed by atoms with Gasteiger partial charge in [0.05, 0.1) is 16.2 Å². The lowest BCUT2D eigenvalue weighted by Gasteiger charge is -2.08. The quantitative estimate of drug-likeness (QED) is 0.693. The van der Waals surface area contributed by atoms with Crippen LogP contribution in [0.5, 0.6) is 5.75 Å². The average Bonchev–Trinajstić information content (AvgIpc) is 2.48. The first-order chi connectivity index (χ1) is 9.74. The van der Waals surface area contributed by atoms with E-state index in [4.69, 9.17) is 4.74 Å². The van der Waals surface area contributed by atoms with Crippen LogP contribution in [-0.4, -0.2) is 4.98 Å². The van der Waals surface area contributed by atoms with Crippen LogP contribution >= 0.6 is 15.9 Å². The molecule has 0 unspecified atom stereocenters. The number of hydrogen-bond acceptors (Lipinski definition) is 2. The molecule has 0 amide bonds. The molecule has 0 aliphatic heterocycles. The van der Waals surface area contributed by atoms with E-state index in [2.05, 4.69) is 20.9 Å². The summed E-state index contributed by atoms with van der Waals surface area (Å²) in [6.45, 7) is 0.290. The molecule has 0 aliphatic rings. The predicted octanol–water partition coefficient (Wildman–Crippen LogP) is 4.72. The minimum atomic E-state index is -0.289. The Kier molecular flexibility index (Phi) is 3.65. The van der Waals surface area contributed by atoms with Gasteiger partial charge < -0.3 is 4.74 Å². The molecule has 2 aromatic carbocycles. The fraction of sp³-hybridized carbons (Fsp3) is 0.0625. The third-order valence-corrected chi connectivity index (χ3v) is 3.88. The van der Waals surface area contributed by atoms with Crippen LogP contribution in [-0.2, 0) is 6.61 Å². The molecule has 0 atom stereocenters. The van der Waals surface area contributed by atoms with E-state index in [1.165, 1.54) is 6.07 Å². The Morgan fingerprint density at radius 3 is 2.85 bits per heavy atom. The van der Waals surface area contributed by atoms with E-state index >= 15 is 0 Å². The van der Waals surface area contributed by atoms with Gasteiger partial charge in [-0.05, 0) is 34.1 Å². The third-order valence-electron chi connectivity index (χ3n) is 2.99. The normalized spacial score (nSPS) is 10.7. The van der Waals surface area contributed by atoms with Gasteiger partial charge in [-0.15, -0.1) is 0 Å². The van der Waals surface area contributed by atoms with Crippen molar-refractivity contribution in [3.63, 3.8) is 0 Å².